The van der Waals surface area contributed by atoms with E-state index in [9.17, 15) is 9.18 Å². The smallest absolute Gasteiger partial charge is 0.212 e. The highest BCUT2D eigenvalue weighted by Crippen LogP contribution is 2.32. The number of ketones is 1. The zero-order valence-corrected chi connectivity index (χ0v) is 15.7. The highest BCUT2D eigenvalue weighted by atomic mass is 79.9. The van der Waals surface area contributed by atoms with Gasteiger partial charge in [-0.25, -0.2) is 9.37 Å². The molecule has 1 unspecified atom stereocenters. The van der Waals surface area contributed by atoms with E-state index < -0.39 is 0 Å². The quantitative estimate of drug-likeness (QED) is 0.508. The highest BCUT2D eigenvalue weighted by Gasteiger charge is 2.22. The molecular formula is C21H17BrFNO2. The second-order valence-electron chi connectivity index (χ2n) is 5.84. The third kappa shape index (κ3) is 4.17. The summed E-state index contributed by atoms with van der Waals surface area (Å²) < 4.78 is 20.4. The first-order valence-electron chi connectivity index (χ1n) is 8.11. The molecule has 3 nitrogen and oxygen atoms in total. The van der Waals surface area contributed by atoms with Gasteiger partial charge in [-0.1, -0.05) is 46.3 Å². The topological polar surface area (TPSA) is 39.2 Å². The maximum atomic E-state index is 14.4. The van der Waals surface area contributed by atoms with E-state index in [-0.39, 0.29) is 23.9 Å². The summed E-state index contributed by atoms with van der Waals surface area (Å²) >= 11 is 3.41. The van der Waals surface area contributed by atoms with E-state index in [2.05, 4.69) is 20.9 Å². The van der Waals surface area contributed by atoms with Crippen LogP contribution in [0.5, 0.6) is 5.88 Å². The van der Waals surface area contributed by atoms with Gasteiger partial charge in [0, 0.05) is 34.6 Å². The Balaban J connectivity index is 1.94. The minimum atomic E-state index is -0.376. The van der Waals surface area contributed by atoms with Gasteiger partial charge in [0.1, 0.15) is 5.82 Å². The standard InChI is InChI=1S/C21H17BrFNO2/c1-26-21-11-8-15(13-24-21)20(25)12-18(14-6-9-16(22)10-7-14)17-4-2-3-5-19(17)23/h2-11,13,18H,12H2,1H3. The molecule has 0 N–H and O–H groups in total. The highest BCUT2D eigenvalue weighted by molar-refractivity contribution is 9.10. The predicted octanol–water partition coefficient (Wildman–Crippen LogP) is 5.40. The number of ether oxygens (including phenoxy) is 1. The zero-order chi connectivity index (χ0) is 18.5. The Morgan fingerprint density at radius 1 is 1.12 bits per heavy atom. The Labute approximate surface area is 160 Å². The third-order valence-electron chi connectivity index (χ3n) is 4.21. The van der Waals surface area contributed by atoms with Crippen LogP contribution < -0.4 is 4.74 Å². The minimum Gasteiger partial charge on any atom is -0.481 e. The number of rotatable bonds is 6. The Kier molecular flexibility index (Phi) is 5.78. The first-order valence-corrected chi connectivity index (χ1v) is 8.91. The monoisotopic (exact) mass is 413 g/mol. The molecule has 3 aromatic rings. The molecule has 0 radical (unpaired) electrons. The number of pyridine rings is 1. The van der Waals surface area contributed by atoms with E-state index in [1.54, 1.807) is 30.3 Å². The molecule has 0 aliphatic heterocycles. The fourth-order valence-electron chi connectivity index (χ4n) is 2.83. The summed E-state index contributed by atoms with van der Waals surface area (Å²) in [7, 11) is 1.52. The lowest BCUT2D eigenvalue weighted by Gasteiger charge is -2.18. The van der Waals surface area contributed by atoms with Gasteiger partial charge >= 0.3 is 0 Å². The summed E-state index contributed by atoms with van der Waals surface area (Å²) in [5.74, 6) is -0.351. The number of Topliss-reactive ketones (excluding diaryl/α,β-unsaturated/α-hetero) is 1. The van der Waals surface area contributed by atoms with Crippen LogP contribution in [0.1, 0.15) is 33.8 Å². The molecule has 0 saturated heterocycles. The second-order valence-corrected chi connectivity index (χ2v) is 6.76. The normalized spacial score (nSPS) is 11.8. The van der Waals surface area contributed by atoms with Crippen LogP contribution in [-0.4, -0.2) is 17.9 Å². The van der Waals surface area contributed by atoms with Crippen molar-refractivity contribution in [3.8, 4) is 5.88 Å². The number of methoxy groups -OCH3 is 1. The number of aromatic nitrogens is 1. The van der Waals surface area contributed by atoms with Crippen molar-refractivity contribution in [1.82, 2.24) is 4.98 Å². The molecule has 26 heavy (non-hydrogen) atoms. The SMILES string of the molecule is COc1ccc(C(=O)CC(c2ccc(Br)cc2)c2ccccc2F)cn1. The van der Waals surface area contributed by atoms with Crippen molar-refractivity contribution in [3.05, 3.63) is 93.8 Å². The van der Waals surface area contributed by atoms with Gasteiger partial charge in [-0.05, 0) is 35.4 Å². The van der Waals surface area contributed by atoms with Crippen molar-refractivity contribution in [1.29, 1.82) is 0 Å². The maximum Gasteiger partial charge on any atom is 0.212 e. The van der Waals surface area contributed by atoms with Gasteiger partial charge in [0.2, 0.25) is 5.88 Å². The van der Waals surface area contributed by atoms with Crippen LogP contribution in [-0.2, 0) is 0 Å². The van der Waals surface area contributed by atoms with Crippen molar-refractivity contribution in [2.24, 2.45) is 0 Å². The lowest BCUT2D eigenvalue weighted by Crippen LogP contribution is -2.11. The van der Waals surface area contributed by atoms with E-state index in [1.165, 1.54) is 19.4 Å². The third-order valence-corrected chi connectivity index (χ3v) is 4.74. The molecule has 5 heteroatoms. The van der Waals surface area contributed by atoms with Gasteiger partial charge < -0.3 is 4.74 Å². The number of carbonyl (C=O) groups is 1. The minimum absolute atomic E-state index is 0.101. The zero-order valence-electron chi connectivity index (χ0n) is 14.2. The second kappa shape index (κ2) is 8.23. The number of hydrogen-bond donors (Lipinski definition) is 0. The van der Waals surface area contributed by atoms with Crippen molar-refractivity contribution < 1.29 is 13.9 Å². The summed E-state index contributed by atoms with van der Waals surface area (Å²) in [6, 6.07) is 17.5. The summed E-state index contributed by atoms with van der Waals surface area (Å²) in [5, 5.41) is 0. The molecule has 1 heterocycles. The summed E-state index contributed by atoms with van der Waals surface area (Å²) in [4.78, 5) is 16.8. The summed E-state index contributed by atoms with van der Waals surface area (Å²) in [6.07, 6.45) is 1.64. The molecular weight excluding hydrogens is 397 g/mol. The van der Waals surface area contributed by atoms with Crippen LogP contribution >= 0.6 is 15.9 Å². The van der Waals surface area contributed by atoms with Crippen molar-refractivity contribution in [2.45, 2.75) is 12.3 Å². The molecule has 0 aliphatic rings. The molecule has 0 spiro atoms. The molecule has 3 rings (SSSR count). The lowest BCUT2D eigenvalue weighted by molar-refractivity contribution is 0.0977. The van der Waals surface area contributed by atoms with E-state index >= 15 is 0 Å². The van der Waals surface area contributed by atoms with Gasteiger partial charge in [-0.3, -0.25) is 4.79 Å². The van der Waals surface area contributed by atoms with E-state index in [0.717, 1.165) is 10.0 Å². The van der Waals surface area contributed by atoms with Gasteiger partial charge in [-0.2, -0.15) is 0 Å². The van der Waals surface area contributed by atoms with Crippen molar-refractivity contribution >= 4 is 21.7 Å². The molecule has 1 atom stereocenters. The Morgan fingerprint density at radius 2 is 1.85 bits per heavy atom. The van der Waals surface area contributed by atoms with E-state index in [0.29, 0.717) is 17.0 Å². The van der Waals surface area contributed by atoms with Crippen LogP contribution in [0, 0.1) is 5.82 Å². The first-order chi connectivity index (χ1) is 12.6. The van der Waals surface area contributed by atoms with Gasteiger partial charge in [0.15, 0.2) is 5.78 Å². The van der Waals surface area contributed by atoms with Crippen molar-refractivity contribution in [2.75, 3.05) is 7.11 Å². The molecule has 0 aliphatic carbocycles. The Morgan fingerprint density at radius 3 is 2.46 bits per heavy atom. The average molecular weight is 414 g/mol. The van der Waals surface area contributed by atoms with Gasteiger partial charge in [0.05, 0.1) is 7.11 Å². The Hall–Kier alpha value is -2.53. The molecule has 132 valence electrons. The fraction of sp³-hybridized carbons (Fsp3) is 0.143. The summed E-state index contributed by atoms with van der Waals surface area (Å²) in [5.41, 5.74) is 1.86. The van der Waals surface area contributed by atoms with Gasteiger partial charge in [-0.15, -0.1) is 0 Å². The number of benzene rings is 2. The van der Waals surface area contributed by atoms with E-state index in [4.69, 9.17) is 4.74 Å². The van der Waals surface area contributed by atoms with Crippen LogP contribution in [0.4, 0.5) is 4.39 Å². The Bertz CT molecular complexity index is 895. The molecule has 0 bridgehead atoms. The number of hydrogen-bond acceptors (Lipinski definition) is 3. The molecule has 0 fully saturated rings. The first kappa shape index (κ1) is 18.3. The largest absolute Gasteiger partial charge is 0.481 e. The molecule has 1 aromatic heterocycles. The van der Waals surface area contributed by atoms with Gasteiger partial charge in [0.25, 0.3) is 0 Å². The van der Waals surface area contributed by atoms with Crippen LogP contribution in [0.3, 0.4) is 0 Å². The lowest BCUT2D eigenvalue weighted by atomic mass is 9.85. The maximum absolute atomic E-state index is 14.4. The van der Waals surface area contributed by atoms with Crippen molar-refractivity contribution in [3.63, 3.8) is 0 Å². The number of nitrogens with zero attached hydrogens (tertiary/aromatic N) is 1. The number of carbonyl (C=O) groups excluding carboxylic acids is 1. The predicted molar refractivity (Wildman–Crippen MR) is 102 cm³/mol. The number of halogens is 2. The summed E-state index contributed by atoms with van der Waals surface area (Å²) in [6.45, 7) is 0. The molecule has 0 saturated carbocycles. The van der Waals surface area contributed by atoms with Crippen LogP contribution in [0.2, 0.25) is 0 Å². The average Bonchev–Trinajstić information content (AvgIpc) is 2.67. The van der Waals surface area contributed by atoms with E-state index in [1.807, 2.05) is 24.3 Å². The fourth-order valence-corrected chi connectivity index (χ4v) is 3.09. The van der Waals surface area contributed by atoms with Crippen LogP contribution in [0.25, 0.3) is 0 Å². The molecule has 2 aromatic carbocycles. The van der Waals surface area contributed by atoms with Crippen LogP contribution in [0.15, 0.2) is 71.3 Å². The molecule has 0 amide bonds.